The molecule has 8 heteroatoms. The van der Waals surface area contributed by atoms with E-state index in [0.717, 1.165) is 38.6 Å². The van der Waals surface area contributed by atoms with Crippen LogP contribution in [0, 0.1) is 5.92 Å². The molecule has 0 saturated carbocycles. The van der Waals surface area contributed by atoms with Crippen molar-refractivity contribution in [2.75, 3.05) is 5.75 Å². The second-order valence-corrected chi connectivity index (χ2v) is 11.1. The number of hydrogen-bond acceptors (Lipinski definition) is 6. The van der Waals surface area contributed by atoms with Crippen molar-refractivity contribution >= 4 is 17.8 Å². The first kappa shape index (κ1) is 28.8. The summed E-state index contributed by atoms with van der Waals surface area (Å²) in [5.74, 6) is 0.837. The van der Waals surface area contributed by atoms with E-state index < -0.39 is 6.29 Å². The topological polar surface area (TPSA) is 92.7 Å². The van der Waals surface area contributed by atoms with Gasteiger partial charge in [-0.2, -0.15) is 0 Å². The molecule has 1 fully saturated rings. The second-order valence-electron chi connectivity index (χ2n) is 10.1. The number of rotatable bonds is 10. The van der Waals surface area contributed by atoms with Gasteiger partial charge in [0, 0.05) is 36.5 Å². The van der Waals surface area contributed by atoms with Crippen LogP contribution in [0.25, 0.3) is 0 Å². The number of ether oxygens (including phenoxy) is 2. The predicted molar refractivity (Wildman–Crippen MR) is 160 cm³/mol. The molecule has 1 aliphatic rings. The van der Waals surface area contributed by atoms with Crippen LogP contribution in [0.2, 0.25) is 0 Å². The summed E-state index contributed by atoms with van der Waals surface area (Å²) >= 11 is 1.67. The van der Waals surface area contributed by atoms with Crippen molar-refractivity contribution in [1.82, 2.24) is 15.6 Å². The molecule has 2 heterocycles. The van der Waals surface area contributed by atoms with Crippen LogP contribution in [0.4, 0.5) is 4.79 Å². The Morgan fingerprint density at radius 1 is 0.805 bits per heavy atom. The lowest BCUT2D eigenvalue weighted by Crippen LogP contribution is -2.38. The predicted octanol–water partition coefficient (Wildman–Crippen LogP) is 6.16. The van der Waals surface area contributed by atoms with Gasteiger partial charge in [0.2, 0.25) is 0 Å². The van der Waals surface area contributed by atoms with Crippen LogP contribution in [-0.2, 0) is 29.2 Å². The molecule has 0 aliphatic carbocycles. The van der Waals surface area contributed by atoms with Crippen LogP contribution in [0.5, 0.6) is 0 Å². The SMILES string of the molecule is C[C@H]1[C@@H](CSc2ccccn2)O[C@@H](c2ccc(CNC(=O)NCc3ccccc3)cc2)O[C@H]1c1ccc(CO)cc1. The minimum absolute atomic E-state index is 0.00628. The lowest BCUT2D eigenvalue weighted by Gasteiger charge is -2.41. The maximum atomic E-state index is 12.3. The summed E-state index contributed by atoms with van der Waals surface area (Å²) in [6, 6.07) is 31.4. The fraction of sp³-hybridized carbons (Fsp3) is 0.273. The van der Waals surface area contributed by atoms with Gasteiger partial charge in [-0.3, -0.25) is 0 Å². The van der Waals surface area contributed by atoms with Crippen LogP contribution in [-0.4, -0.2) is 28.0 Å². The fourth-order valence-electron chi connectivity index (χ4n) is 4.73. The van der Waals surface area contributed by atoms with Crippen LogP contribution in [0.3, 0.4) is 0 Å². The minimum Gasteiger partial charge on any atom is -0.392 e. The van der Waals surface area contributed by atoms with Crippen LogP contribution < -0.4 is 10.6 Å². The smallest absolute Gasteiger partial charge is 0.315 e. The molecule has 4 aromatic rings. The average molecular weight is 570 g/mol. The lowest BCUT2D eigenvalue weighted by atomic mass is 9.91. The van der Waals surface area contributed by atoms with E-state index in [1.165, 1.54) is 0 Å². The summed E-state index contributed by atoms with van der Waals surface area (Å²) < 4.78 is 13.1. The van der Waals surface area contributed by atoms with E-state index in [-0.39, 0.29) is 30.8 Å². The van der Waals surface area contributed by atoms with Crippen molar-refractivity contribution in [3.8, 4) is 0 Å². The van der Waals surface area contributed by atoms with E-state index in [2.05, 4.69) is 22.5 Å². The molecule has 2 amide bonds. The van der Waals surface area contributed by atoms with Crippen molar-refractivity contribution in [3.05, 3.63) is 131 Å². The summed E-state index contributed by atoms with van der Waals surface area (Å²) in [4.78, 5) is 16.7. The van der Waals surface area contributed by atoms with Crippen molar-refractivity contribution < 1.29 is 19.4 Å². The molecule has 41 heavy (non-hydrogen) atoms. The van der Waals surface area contributed by atoms with E-state index in [9.17, 15) is 9.90 Å². The molecule has 7 nitrogen and oxygen atoms in total. The second kappa shape index (κ2) is 14.3. The summed E-state index contributed by atoms with van der Waals surface area (Å²) in [6.45, 7) is 3.05. The zero-order valence-corrected chi connectivity index (χ0v) is 23.8. The van der Waals surface area contributed by atoms with Crippen molar-refractivity contribution in [2.45, 2.75) is 50.1 Å². The van der Waals surface area contributed by atoms with Gasteiger partial charge in [-0.1, -0.05) is 91.9 Å². The molecule has 3 aromatic carbocycles. The number of carbonyl (C=O) groups is 1. The van der Waals surface area contributed by atoms with E-state index in [4.69, 9.17) is 9.47 Å². The normalized spacial score (nSPS) is 20.3. The average Bonchev–Trinajstić information content (AvgIpc) is 3.03. The summed E-state index contributed by atoms with van der Waals surface area (Å²) in [5.41, 5.74) is 4.86. The van der Waals surface area contributed by atoms with Gasteiger partial charge in [-0.15, -0.1) is 11.8 Å². The molecule has 212 valence electrons. The Labute approximate surface area is 245 Å². The highest BCUT2D eigenvalue weighted by Gasteiger charge is 2.38. The van der Waals surface area contributed by atoms with Gasteiger partial charge in [0.15, 0.2) is 6.29 Å². The fourth-order valence-corrected chi connectivity index (χ4v) is 5.75. The number of aliphatic hydroxyl groups is 1. The number of amides is 2. The number of nitrogens with one attached hydrogen (secondary N) is 2. The first-order valence-electron chi connectivity index (χ1n) is 13.8. The van der Waals surface area contributed by atoms with Crippen LogP contribution >= 0.6 is 11.8 Å². The molecule has 1 aromatic heterocycles. The number of pyridine rings is 1. The molecule has 0 unspecified atom stereocenters. The van der Waals surface area contributed by atoms with Crippen LogP contribution in [0.15, 0.2) is 108 Å². The number of carbonyl (C=O) groups excluding carboxylic acids is 1. The Balaban J connectivity index is 1.24. The molecule has 1 aliphatic heterocycles. The van der Waals surface area contributed by atoms with Gasteiger partial charge in [-0.05, 0) is 34.4 Å². The molecular weight excluding hydrogens is 534 g/mol. The van der Waals surface area contributed by atoms with Gasteiger partial charge in [-0.25, -0.2) is 9.78 Å². The largest absolute Gasteiger partial charge is 0.392 e. The number of hydrogen-bond donors (Lipinski definition) is 3. The van der Waals surface area contributed by atoms with E-state index in [1.807, 2.05) is 97.1 Å². The third-order valence-electron chi connectivity index (χ3n) is 7.16. The van der Waals surface area contributed by atoms with E-state index in [0.29, 0.717) is 13.1 Å². The molecule has 0 spiro atoms. The lowest BCUT2D eigenvalue weighted by molar-refractivity contribution is -0.268. The Bertz CT molecular complexity index is 1370. The number of urea groups is 1. The van der Waals surface area contributed by atoms with E-state index >= 15 is 0 Å². The number of benzene rings is 3. The summed E-state index contributed by atoms with van der Waals surface area (Å²) in [5, 5.41) is 16.2. The maximum absolute atomic E-state index is 12.3. The Morgan fingerprint density at radius 2 is 1.44 bits per heavy atom. The number of nitrogens with zero attached hydrogens (tertiary/aromatic N) is 1. The quantitative estimate of drug-likeness (QED) is 0.198. The Hall–Kier alpha value is -3.69. The van der Waals surface area contributed by atoms with Gasteiger partial charge < -0.3 is 25.2 Å². The standard InChI is InChI=1S/C33H35N3O4S/c1-23-29(22-41-30-9-5-6-18-34-30)39-32(40-31(23)27-14-12-26(21-37)13-15-27)28-16-10-25(11-17-28)20-36-33(38)35-19-24-7-3-2-4-8-24/h2-18,23,29,31-32,37H,19-22H2,1H3,(H2,35,36,38)/t23-,29+,31+,32+/m0/s1. The number of thioether (sulfide) groups is 1. The summed E-state index contributed by atoms with van der Waals surface area (Å²) in [6.07, 6.45) is 1.01. The monoisotopic (exact) mass is 569 g/mol. The maximum Gasteiger partial charge on any atom is 0.315 e. The Morgan fingerprint density at radius 3 is 2.10 bits per heavy atom. The molecule has 4 atom stereocenters. The highest BCUT2D eigenvalue weighted by atomic mass is 32.2. The molecule has 5 rings (SSSR count). The van der Waals surface area contributed by atoms with Crippen molar-refractivity contribution in [1.29, 1.82) is 0 Å². The summed E-state index contributed by atoms with van der Waals surface area (Å²) in [7, 11) is 0. The first-order chi connectivity index (χ1) is 20.1. The minimum atomic E-state index is -0.542. The molecule has 0 bridgehead atoms. The molecule has 0 radical (unpaired) electrons. The zero-order valence-electron chi connectivity index (χ0n) is 23.0. The zero-order chi connectivity index (χ0) is 28.4. The number of aromatic nitrogens is 1. The van der Waals surface area contributed by atoms with Gasteiger partial charge in [0.05, 0.1) is 23.8 Å². The third kappa shape index (κ3) is 7.95. The van der Waals surface area contributed by atoms with Crippen molar-refractivity contribution in [2.24, 2.45) is 5.92 Å². The highest BCUT2D eigenvalue weighted by Crippen LogP contribution is 2.42. The third-order valence-corrected chi connectivity index (χ3v) is 8.19. The van der Waals surface area contributed by atoms with Gasteiger partial charge >= 0.3 is 6.03 Å². The van der Waals surface area contributed by atoms with Gasteiger partial charge in [0.1, 0.15) is 0 Å². The number of aliphatic hydroxyl groups excluding tert-OH is 1. The highest BCUT2D eigenvalue weighted by molar-refractivity contribution is 7.99. The van der Waals surface area contributed by atoms with Gasteiger partial charge in [0.25, 0.3) is 0 Å². The molecular formula is C33H35N3O4S. The molecule has 1 saturated heterocycles. The van der Waals surface area contributed by atoms with E-state index in [1.54, 1.807) is 18.0 Å². The van der Waals surface area contributed by atoms with Crippen molar-refractivity contribution in [3.63, 3.8) is 0 Å². The first-order valence-corrected chi connectivity index (χ1v) is 14.8. The Kier molecular flexibility index (Phi) is 10.0. The van der Waals surface area contributed by atoms with Crippen LogP contribution in [0.1, 0.15) is 47.1 Å². The molecule has 3 N–H and O–H groups in total.